The summed E-state index contributed by atoms with van der Waals surface area (Å²) in [5.41, 5.74) is 0.767. The molecule has 0 unspecified atom stereocenters. The van der Waals surface area contributed by atoms with Crippen LogP contribution in [0.1, 0.15) is 12.0 Å². The van der Waals surface area contributed by atoms with Crippen LogP contribution in [0.5, 0.6) is 0 Å². The van der Waals surface area contributed by atoms with E-state index in [0.717, 1.165) is 0 Å². The molecule has 0 fully saturated rings. The molecule has 0 amide bonds. The number of rotatable bonds is 2. The predicted molar refractivity (Wildman–Crippen MR) is 71.9 cm³/mol. The van der Waals surface area contributed by atoms with Crippen molar-refractivity contribution in [2.24, 2.45) is 0 Å². The van der Waals surface area contributed by atoms with Gasteiger partial charge >= 0.3 is 0 Å². The lowest BCUT2D eigenvalue weighted by Gasteiger charge is -2.11. The Bertz CT molecular complexity index is 582. The lowest BCUT2D eigenvalue weighted by Crippen LogP contribution is -1.89. The molecule has 0 bridgehead atoms. The van der Waals surface area contributed by atoms with E-state index >= 15 is 0 Å². The van der Waals surface area contributed by atoms with E-state index in [1.807, 2.05) is 0 Å². The number of alkyl halides is 2. The van der Waals surface area contributed by atoms with Crippen molar-refractivity contribution in [3.05, 3.63) is 57.0 Å². The minimum atomic E-state index is -2.63. The molecule has 0 aliphatic rings. The van der Waals surface area contributed by atoms with Gasteiger partial charge in [-0.3, -0.25) is 0 Å². The molecule has 0 saturated carbocycles. The SMILES string of the molecule is FC(F)c1cccc(-c2cc(Cl)ccc2Cl)c1Cl. The number of hydrogen-bond donors (Lipinski definition) is 0. The van der Waals surface area contributed by atoms with Gasteiger partial charge in [-0.1, -0.05) is 53.0 Å². The van der Waals surface area contributed by atoms with Gasteiger partial charge in [0.1, 0.15) is 0 Å². The first-order valence-corrected chi connectivity index (χ1v) is 6.16. The van der Waals surface area contributed by atoms with Crippen molar-refractivity contribution in [2.75, 3.05) is 0 Å². The normalized spacial score (nSPS) is 11.0. The van der Waals surface area contributed by atoms with Crippen molar-refractivity contribution >= 4 is 34.8 Å². The summed E-state index contributed by atoms with van der Waals surface area (Å²) in [5, 5.41) is 0.872. The van der Waals surface area contributed by atoms with E-state index in [2.05, 4.69) is 0 Å². The van der Waals surface area contributed by atoms with Crippen LogP contribution in [-0.4, -0.2) is 0 Å². The van der Waals surface area contributed by atoms with Crippen molar-refractivity contribution < 1.29 is 8.78 Å². The summed E-state index contributed by atoms with van der Waals surface area (Å²) < 4.78 is 25.5. The first kappa shape index (κ1) is 13.6. The van der Waals surface area contributed by atoms with Crippen LogP contribution in [0.15, 0.2) is 36.4 Å². The number of halogens is 5. The molecule has 94 valence electrons. The second-order valence-corrected chi connectivity index (χ2v) is 4.86. The molecule has 0 spiro atoms. The zero-order valence-corrected chi connectivity index (χ0v) is 11.2. The lowest BCUT2D eigenvalue weighted by molar-refractivity contribution is 0.151. The van der Waals surface area contributed by atoms with Gasteiger partial charge in [-0.25, -0.2) is 8.78 Å². The monoisotopic (exact) mass is 306 g/mol. The van der Waals surface area contributed by atoms with Crippen LogP contribution in [0.25, 0.3) is 11.1 Å². The van der Waals surface area contributed by atoms with Crippen molar-refractivity contribution in [1.29, 1.82) is 0 Å². The molecule has 0 aliphatic carbocycles. The Hall–Kier alpha value is -0.830. The summed E-state index contributed by atoms with van der Waals surface area (Å²) in [6.07, 6.45) is -2.63. The van der Waals surface area contributed by atoms with Crippen molar-refractivity contribution in [3.8, 4) is 11.1 Å². The van der Waals surface area contributed by atoms with E-state index in [9.17, 15) is 8.78 Å². The average Bonchev–Trinajstić information content (AvgIpc) is 2.32. The first-order valence-electron chi connectivity index (χ1n) is 5.02. The van der Waals surface area contributed by atoms with Crippen molar-refractivity contribution in [2.45, 2.75) is 6.43 Å². The van der Waals surface area contributed by atoms with Gasteiger partial charge in [-0.15, -0.1) is 0 Å². The van der Waals surface area contributed by atoms with Crippen LogP contribution in [0.4, 0.5) is 8.78 Å². The molecular weight excluding hydrogens is 300 g/mol. The van der Waals surface area contributed by atoms with Crippen LogP contribution in [-0.2, 0) is 0 Å². The van der Waals surface area contributed by atoms with Gasteiger partial charge in [0, 0.05) is 26.7 Å². The maximum absolute atomic E-state index is 12.8. The maximum atomic E-state index is 12.8. The number of hydrogen-bond acceptors (Lipinski definition) is 0. The van der Waals surface area contributed by atoms with Crippen LogP contribution in [0, 0.1) is 0 Å². The summed E-state index contributed by atoms with van der Waals surface area (Å²) in [4.78, 5) is 0. The summed E-state index contributed by atoms with van der Waals surface area (Å²) in [6.45, 7) is 0. The van der Waals surface area contributed by atoms with Crippen molar-refractivity contribution in [3.63, 3.8) is 0 Å². The molecule has 2 aromatic rings. The Morgan fingerprint density at radius 3 is 2.28 bits per heavy atom. The summed E-state index contributed by atoms with van der Waals surface area (Å²) in [6, 6.07) is 9.25. The molecule has 18 heavy (non-hydrogen) atoms. The molecule has 0 aliphatic heterocycles. The smallest absolute Gasteiger partial charge is 0.205 e. The minimum absolute atomic E-state index is 0.00309. The van der Waals surface area contributed by atoms with Crippen LogP contribution >= 0.6 is 34.8 Å². The molecule has 5 heteroatoms. The second-order valence-electron chi connectivity index (χ2n) is 3.63. The number of benzene rings is 2. The molecule has 0 aromatic heterocycles. The largest absolute Gasteiger partial charge is 0.265 e. The first-order chi connectivity index (χ1) is 8.50. The Labute approximate surface area is 118 Å². The molecule has 2 aromatic carbocycles. The highest BCUT2D eigenvalue weighted by atomic mass is 35.5. The Kier molecular flexibility index (Phi) is 4.10. The topological polar surface area (TPSA) is 0 Å². The van der Waals surface area contributed by atoms with Gasteiger partial charge in [-0.05, 0) is 18.2 Å². The maximum Gasteiger partial charge on any atom is 0.265 e. The molecule has 0 radical (unpaired) electrons. The highest BCUT2D eigenvalue weighted by Crippen LogP contribution is 2.39. The summed E-state index contributed by atoms with van der Waals surface area (Å²) in [5.74, 6) is 0. The molecule has 0 atom stereocenters. The highest BCUT2D eigenvalue weighted by Gasteiger charge is 2.16. The fourth-order valence-corrected chi connectivity index (χ4v) is 2.33. The van der Waals surface area contributed by atoms with Gasteiger partial charge in [0.25, 0.3) is 6.43 Å². The highest BCUT2D eigenvalue weighted by molar-refractivity contribution is 6.38. The van der Waals surface area contributed by atoms with Gasteiger partial charge in [0.2, 0.25) is 0 Å². The standard InChI is InChI=1S/C13H7Cl3F2/c14-7-4-5-11(15)10(6-7)8-2-1-3-9(12(8)16)13(17)18/h1-6,13H. The quantitative estimate of drug-likeness (QED) is 0.615. The Morgan fingerprint density at radius 2 is 1.61 bits per heavy atom. The fraction of sp³-hybridized carbons (Fsp3) is 0.0769. The molecule has 2 rings (SSSR count). The van der Waals surface area contributed by atoms with E-state index < -0.39 is 6.43 Å². The molecular formula is C13H7Cl3F2. The van der Waals surface area contributed by atoms with E-state index in [4.69, 9.17) is 34.8 Å². The molecule has 0 saturated heterocycles. The van der Waals surface area contributed by atoms with E-state index in [0.29, 0.717) is 21.2 Å². The summed E-state index contributed by atoms with van der Waals surface area (Å²) >= 11 is 17.9. The predicted octanol–water partition coefficient (Wildman–Crippen LogP) is 6.25. The van der Waals surface area contributed by atoms with Gasteiger partial charge < -0.3 is 0 Å². The zero-order valence-electron chi connectivity index (χ0n) is 8.93. The van der Waals surface area contributed by atoms with Crippen LogP contribution in [0.2, 0.25) is 15.1 Å². The van der Waals surface area contributed by atoms with Crippen LogP contribution in [0.3, 0.4) is 0 Å². The Morgan fingerprint density at radius 1 is 0.889 bits per heavy atom. The van der Waals surface area contributed by atoms with E-state index in [1.165, 1.54) is 12.1 Å². The second kappa shape index (κ2) is 5.43. The fourth-order valence-electron chi connectivity index (χ4n) is 1.63. The van der Waals surface area contributed by atoms with Gasteiger partial charge in [0.05, 0.1) is 5.02 Å². The summed E-state index contributed by atoms with van der Waals surface area (Å²) in [7, 11) is 0. The molecule has 0 N–H and O–H groups in total. The molecule has 0 nitrogen and oxygen atoms in total. The molecule has 0 heterocycles. The average molecular weight is 308 g/mol. The zero-order chi connectivity index (χ0) is 13.3. The Balaban J connectivity index is 2.64. The van der Waals surface area contributed by atoms with Crippen molar-refractivity contribution in [1.82, 2.24) is 0 Å². The third kappa shape index (κ3) is 2.61. The third-order valence-electron chi connectivity index (χ3n) is 2.48. The van der Waals surface area contributed by atoms with E-state index in [1.54, 1.807) is 24.3 Å². The van der Waals surface area contributed by atoms with Gasteiger partial charge in [-0.2, -0.15) is 0 Å². The third-order valence-corrected chi connectivity index (χ3v) is 3.47. The van der Waals surface area contributed by atoms with Gasteiger partial charge in [0.15, 0.2) is 0 Å². The van der Waals surface area contributed by atoms with Crippen LogP contribution < -0.4 is 0 Å². The van der Waals surface area contributed by atoms with E-state index in [-0.39, 0.29) is 10.6 Å². The lowest BCUT2D eigenvalue weighted by atomic mass is 10.0. The minimum Gasteiger partial charge on any atom is -0.205 e.